The van der Waals surface area contributed by atoms with Gasteiger partial charge >= 0.3 is 0 Å². The van der Waals surface area contributed by atoms with Crippen molar-refractivity contribution < 1.29 is 17.9 Å². The zero-order valence-corrected chi connectivity index (χ0v) is 18.3. The smallest absolute Gasteiger partial charge is 0.256 e. The summed E-state index contributed by atoms with van der Waals surface area (Å²) in [6.07, 6.45) is 7.81. The minimum Gasteiger partial charge on any atom is -0.377 e. The van der Waals surface area contributed by atoms with Gasteiger partial charge in [0.2, 0.25) is 10.0 Å². The topological polar surface area (TPSA) is 115 Å². The van der Waals surface area contributed by atoms with Crippen molar-refractivity contribution in [2.24, 2.45) is 0 Å². The number of aryl methyl sites for hydroxylation is 2. The van der Waals surface area contributed by atoms with Crippen LogP contribution in [0.15, 0.2) is 66.0 Å². The predicted molar refractivity (Wildman–Crippen MR) is 119 cm³/mol. The molecule has 10 heteroatoms. The number of nitrogens with one attached hydrogen (secondary N) is 2. The molecule has 1 fully saturated rings. The third-order valence-electron chi connectivity index (χ3n) is 5.21. The summed E-state index contributed by atoms with van der Waals surface area (Å²) in [5.74, 6) is 0.0697. The van der Waals surface area contributed by atoms with Gasteiger partial charge in [-0.05, 0) is 61.2 Å². The molecule has 3 heterocycles. The number of carbonyl (C=O) groups excluding carboxylic acids is 1. The number of benzene rings is 1. The van der Waals surface area contributed by atoms with Crippen LogP contribution in [0, 0.1) is 0 Å². The van der Waals surface area contributed by atoms with Crippen LogP contribution in [0.1, 0.15) is 28.8 Å². The molecule has 0 spiro atoms. The molecule has 9 nitrogen and oxygen atoms in total. The third-order valence-corrected chi connectivity index (χ3v) is 6.65. The van der Waals surface area contributed by atoms with E-state index in [4.69, 9.17) is 4.74 Å². The summed E-state index contributed by atoms with van der Waals surface area (Å²) in [6, 6.07) is 11.4. The van der Waals surface area contributed by atoms with Crippen molar-refractivity contribution in [3.63, 3.8) is 0 Å². The van der Waals surface area contributed by atoms with Crippen molar-refractivity contribution in [2.75, 3.05) is 18.5 Å². The van der Waals surface area contributed by atoms with Gasteiger partial charge in [-0.25, -0.2) is 13.1 Å². The van der Waals surface area contributed by atoms with Crippen LogP contribution in [0.3, 0.4) is 0 Å². The Morgan fingerprint density at radius 2 is 1.91 bits per heavy atom. The molecule has 4 rings (SSSR count). The number of nitrogens with zero attached hydrogens (tertiary/aromatic N) is 3. The Morgan fingerprint density at radius 1 is 1.12 bits per heavy atom. The first kappa shape index (κ1) is 22.1. The Kier molecular flexibility index (Phi) is 6.93. The first-order valence-corrected chi connectivity index (χ1v) is 11.9. The number of ether oxygens (including phenoxy) is 1. The van der Waals surface area contributed by atoms with Crippen LogP contribution in [0.4, 0.5) is 5.82 Å². The average Bonchev–Trinajstić information content (AvgIpc) is 3.49. The minimum absolute atomic E-state index is 0.0840. The summed E-state index contributed by atoms with van der Waals surface area (Å²) in [6.45, 7) is 1.58. The van der Waals surface area contributed by atoms with Crippen LogP contribution in [-0.4, -0.2) is 48.3 Å². The van der Waals surface area contributed by atoms with Crippen LogP contribution in [0.2, 0.25) is 0 Å². The summed E-state index contributed by atoms with van der Waals surface area (Å²) in [5.41, 5.74) is 1.50. The van der Waals surface area contributed by atoms with Gasteiger partial charge in [-0.3, -0.25) is 14.5 Å². The molecule has 0 aliphatic carbocycles. The standard InChI is InChI=1S/C22H25N5O4S/c28-22(25-21-10-14-27(26-21)13-9-17-7-11-23-12-8-17)18-3-5-20(6-4-18)32(29,30)24-16-19-2-1-15-31-19/h3-8,10-12,14,19,24H,1-2,9,13,15-16H2,(H,25,26,28). The molecule has 168 valence electrons. The molecule has 1 aliphatic heterocycles. The maximum atomic E-state index is 12.5. The van der Waals surface area contributed by atoms with Gasteiger partial charge in [-0.15, -0.1) is 0 Å². The number of anilines is 1. The summed E-state index contributed by atoms with van der Waals surface area (Å²) < 4.78 is 34.6. The number of carbonyl (C=O) groups is 1. The fraction of sp³-hybridized carbons (Fsp3) is 0.318. The van der Waals surface area contributed by atoms with Gasteiger partial charge in [-0.2, -0.15) is 5.10 Å². The number of hydrogen-bond acceptors (Lipinski definition) is 6. The zero-order chi connectivity index (χ0) is 22.4. The quantitative estimate of drug-likeness (QED) is 0.511. The van der Waals surface area contributed by atoms with Crippen molar-refractivity contribution in [2.45, 2.75) is 36.8 Å². The zero-order valence-electron chi connectivity index (χ0n) is 17.5. The highest BCUT2D eigenvalue weighted by Crippen LogP contribution is 2.15. The molecule has 0 saturated carbocycles. The lowest BCUT2D eigenvalue weighted by Crippen LogP contribution is -2.31. The van der Waals surface area contributed by atoms with Crippen LogP contribution < -0.4 is 10.0 Å². The molecule has 1 saturated heterocycles. The maximum Gasteiger partial charge on any atom is 0.256 e. The fourth-order valence-electron chi connectivity index (χ4n) is 3.41. The highest BCUT2D eigenvalue weighted by molar-refractivity contribution is 7.89. The van der Waals surface area contributed by atoms with Gasteiger partial charge in [0, 0.05) is 49.9 Å². The molecule has 1 aliphatic rings. The van der Waals surface area contributed by atoms with Crippen molar-refractivity contribution in [1.82, 2.24) is 19.5 Å². The van der Waals surface area contributed by atoms with Crippen molar-refractivity contribution in [3.8, 4) is 0 Å². The molecule has 2 N–H and O–H groups in total. The highest BCUT2D eigenvalue weighted by atomic mass is 32.2. The van der Waals surface area contributed by atoms with E-state index in [9.17, 15) is 13.2 Å². The van der Waals surface area contributed by atoms with Crippen LogP contribution >= 0.6 is 0 Å². The summed E-state index contributed by atoms with van der Waals surface area (Å²) in [4.78, 5) is 16.6. The SMILES string of the molecule is O=C(Nc1ccn(CCc2ccncc2)n1)c1ccc(S(=O)(=O)NCC2CCCO2)cc1. The van der Waals surface area contributed by atoms with E-state index in [-0.39, 0.29) is 23.5 Å². The molecular weight excluding hydrogens is 430 g/mol. The number of amides is 1. The van der Waals surface area contributed by atoms with E-state index >= 15 is 0 Å². The van der Waals surface area contributed by atoms with E-state index in [0.717, 1.165) is 24.8 Å². The van der Waals surface area contributed by atoms with E-state index in [2.05, 4.69) is 20.1 Å². The molecule has 0 bridgehead atoms. The van der Waals surface area contributed by atoms with Gasteiger partial charge < -0.3 is 10.1 Å². The van der Waals surface area contributed by atoms with Crippen LogP contribution in [0.5, 0.6) is 0 Å². The van der Waals surface area contributed by atoms with E-state index < -0.39 is 10.0 Å². The number of hydrogen-bond donors (Lipinski definition) is 2. The second kappa shape index (κ2) is 10.0. The summed E-state index contributed by atoms with van der Waals surface area (Å²) >= 11 is 0. The van der Waals surface area contributed by atoms with E-state index in [1.807, 2.05) is 12.1 Å². The molecule has 1 unspecified atom stereocenters. The Hall–Kier alpha value is -3.08. The number of sulfonamides is 1. The number of rotatable bonds is 9. The molecule has 1 aromatic carbocycles. The maximum absolute atomic E-state index is 12.5. The first-order valence-electron chi connectivity index (χ1n) is 10.4. The minimum atomic E-state index is -3.66. The first-order chi connectivity index (χ1) is 15.5. The normalized spacial score (nSPS) is 16.2. The molecule has 2 aromatic heterocycles. The van der Waals surface area contributed by atoms with Crippen molar-refractivity contribution >= 4 is 21.7 Å². The largest absolute Gasteiger partial charge is 0.377 e. The van der Waals surface area contributed by atoms with Gasteiger partial charge in [0.15, 0.2) is 5.82 Å². The second-order valence-electron chi connectivity index (χ2n) is 7.53. The highest BCUT2D eigenvalue weighted by Gasteiger charge is 2.20. The molecular formula is C22H25N5O4S. The number of pyridine rings is 1. The van der Waals surface area contributed by atoms with Crippen LogP contribution in [0.25, 0.3) is 0 Å². The Balaban J connectivity index is 1.31. The Morgan fingerprint density at radius 3 is 2.62 bits per heavy atom. The molecule has 32 heavy (non-hydrogen) atoms. The van der Waals surface area contributed by atoms with Crippen molar-refractivity contribution in [1.29, 1.82) is 0 Å². The third kappa shape index (κ3) is 5.78. The molecule has 0 radical (unpaired) electrons. The second-order valence-corrected chi connectivity index (χ2v) is 9.30. The van der Waals surface area contributed by atoms with E-state index in [1.54, 1.807) is 29.3 Å². The monoisotopic (exact) mass is 455 g/mol. The van der Waals surface area contributed by atoms with Crippen LogP contribution in [-0.2, 0) is 27.7 Å². The number of aromatic nitrogens is 3. The lowest BCUT2D eigenvalue weighted by atomic mass is 10.2. The lowest BCUT2D eigenvalue weighted by Gasteiger charge is -2.11. The van der Waals surface area contributed by atoms with Crippen molar-refractivity contribution in [3.05, 3.63) is 72.2 Å². The predicted octanol–water partition coefficient (Wildman–Crippen LogP) is 2.23. The molecule has 1 atom stereocenters. The van der Waals surface area contributed by atoms with Gasteiger partial charge in [0.05, 0.1) is 11.0 Å². The van der Waals surface area contributed by atoms with Gasteiger partial charge in [-0.1, -0.05) is 0 Å². The lowest BCUT2D eigenvalue weighted by molar-refractivity contribution is 0.102. The summed E-state index contributed by atoms with van der Waals surface area (Å²) in [7, 11) is -3.66. The fourth-order valence-corrected chi connectivity index (χ4v) is 4.48. The summed E-state index contributed by atoms with van der Waals surface area (Å²) in [5, 5.41) is 7.10. The Bertz CT molecular complexity index is 1140. The Labute approximate surface area is 186 Å². The molecule has 3 aromatic rings. The average molecular weight is 456 g/mol. The van der Waals surface area contributed by atoms with E-state index in [1.165, 1.54) is 24.3 Å². The van der Waals surface area contributed by atoms with Gasteiger partial charge in [0.1, 0.15) is 0 Å². The molecule has 1 amide bonds. The van der Waals surface area contributed by atoms with E-state index in [0.29, 0.717) is 24.5 Å². The van der Waals surface area contributed by atoms with Gasteiger partial charge in [0.25, 0.3) is 5.91 Å².